The van der Waals surface area contributed by atoms with Crippen molar-refractivity contribution in [3.05, 3.63) is 35.6 Å². The fourth-order valence-electron chi connectivity index (χ4n) is 2.46. The van der Waals surface area contributed by atoms with E-state index < -0.39 is 11.7 Å². The van der Waals surface area contributed by atoms with Gasteiger partial charge in [0.1, 0.15) is 18.3 Å². The van der Waals surface area contributed by atoms with Gasteiger partial charge in [-0.3, -0.25) is 4.90 Å². The molecule has 3 nitrogen and oxygen atoms in total. The number of likely N-dealkylation sites (tertiary alicyclic amines) is 1. The number of carbonyl (C=O) groups is 1. The largest absolute Gasteiger partial charge is 0.318 e. The number of nitrogens with two attached hydrogens (primary N) is 1. The molecule has 2 N–H and O–H groups in total. The van der Waals surface area contributed by atoms with Crippen LogP contribution in [0.3, 0.4) is 0 Å². The summed E-state index contributed by atoms with van der Waals surface area (Å²) >= 11 is 0. The lowest BCUT2D eigenvalue weighted by atomic mass is 9.92. The summed E-state index contributed by atoms with van der Waals surface area (Å²) in [4.78, 5) is 13.1. The van der Waals surface area contributed by atoms with Crippen molar-refractivity contribution in [3.63, 3.8) is 0 Å². The molecule has 104 valence electrons. The third-order valence-corrected chi connectivity index (χ3v) is 3.41. The summed E-state index contributed by atoms with van der Waals surface area (Å²) in [6, 6.07) is 5.91. The minimum absolute atomic E-state index is 0.322. The van der Waals surface area contributed by atoms with Crippen molar-refractivity contribution < 1.29 is 13.6 Å². The molecule has 0 amide bonds. The van der Waals surface area contributed by atoms with Gasteiger partial charge in [-0.25, -0.2) is 8.78 Å². The number of hydrogen-bond acceptors (Lipinski definition) is 3. The molecule has 1 heterocycles. The monoisotopic (exact) mass is 268 g/mol. The molecule has 0 aromatic heterocycles. The number of benzene rings is 1. The van der Waals surface area contributed by atoms with E-state index in [1.54, 1.807) is 12.1 Å². The average Bonchev–Trinajstić information content (AvgIpc) is 2.77. The molecule has 0 spiro atoms. The summed E-state index contributed by atoms with van der Waals surface area (Å²) in [6.45, 7) is 1.28. The molecule has 0 saturated carbocycles. The summed E-state index contributed by atoms with van der Waals surface area (Å²) in [5.41, 5.74) is 5.81. The summed E-state index contributed by atoms with van der Waals surface area (Å²) in [6.07, 6.45) is 0.694. The van der Waals surface area contributed by atoms with Crippen LogP contribution in [0.4, 0.5) is 8.78 Å². The topological polar surface area (TPSA) is 46.3 Å². The van der Waals surface area contributed by atoms with Gasteiger partial charge in [0.25, 0.3) is 0 Å². The molecule has 2 atom stereocenters. The normalized spacial score (nSPS) is 23.2. The van der Waals surface area contributed by atoms with Gasteiger partial charge in [0.15, 0.2) is 0 Å². The van der Waals surface area contributed by atoms with E-state index in [1.807, 2.05) is 4.90 Å². The van der Waals surface area contributed by atoms with Crippen LogP contribution in [0.25, 0.3) is 0 Å². The Balaban J connectivity index is 2.01. The Morgan fingerprint density at radius 1 is 1.42 bits per heavy atom. The SMILES string of the molecule is N[C@@](C=O)(Cc1ccc(F)cc1)CN1CC[C@H](F)C1. The number of alkyl halides is 1. The average molecular weight is 268 g/mol. The molecule has 19 heavy (non-hydrogen) atoms. The van der Waals surface area contributed by atoms with Crippen molar-refractivity contribution in [1.29, 1.82) is 0 Å². The van der Waals surface area contributed by atoms with Gasteiger partial charge in [0.2, 0.25) is 0 Å². The standard InChI is InChI=1S/C14H18F2N2O/c15-12-3-1-11(2-4-12)7-14(17,10-19)9-18-6-5-13(16)8-18/h1-4,10,13H,5-9,17H2/t13-,14-/m0/s1. The van der Waals surface area contributed by atoms with Crippen molar-refractivity contribution >= 4 is 6.29 Å². The Morgan fingerprint density at radius 2 is 2.11 bits per heavy atom. The van der Waals surface area contributed by atoms with E-state index in [-0.39, 0.29) is 5.82 Å². The highest BCUT2D eigenvalue weighted by atomic mass is 19.1. The number of rotatable bonds is 5. The first-order valence-electron chi connectivity index (χ1n) is 6.37. The van der Waals surface area contributed by atoms with Crippen LogP contribution in [-0.4, -0.2) is 42.5 Å². The Morgan fingerprint density at radius 3 is 2.63 bits per heavy atom. The first-order chi connectivity index (χ1) is 9.00. The van der Waals surface area contributed by atoms with Gasteiger partial charge < -0.3 is 10.5 Å². The van der Waals surface area contributed by atoms with Crippen LogP contribution in [0.1, 0.15) is 12.0 Å². The molecule has 1 fully saturated rings. The molecule has 1 aromatic rings. The molecule has 1 aromatic carbocycles. The van der Waals surface area contributed by atoms with Crippen molar-refractivity contribution in [1.82, 2.24) is 4.90 Å². The Hall–Kier alpha value is -1.33. The number of aldehydes is 1. The lowest BCUT2D eigenvalue weighted by molar-refractivity contribution is -0.112. The van der Waals surface area contributed by atoms with Gasteiger partial charge in [-0.15, -0.1) is 0 Å². The highest BCUT2D eigenvalue weighted by Crippen LogP contribution is 2.17. The molecule has 0 unspecified atom stereocenters. The summed E-state index contributed by atoms with van der Waals surface area (Å²) in [5.74, 6) is -0.322. The van der Waals surface area contributed by atoms with Crippen molar-refractivity contribution in [2.45, 2.75) is 24.6 Å². The summed E-state index contributed by atoms with van der Waals surface area (Å²) < 4.78 is 25.9. The molecule has 1 aliphatic heterocycles. The zero-order valence-corrected chi connectivity index (χ0v) is 10.7. The zero-order valence-electron chi connectivity index (χ0n) is 10.7. The second-order valence-electron chi connectivity index (χ2n) is 5.28. The Kier molecular flexibility index (Phi) is 4.27. The lowest BCUT2D eigenvalue weighted by Crippen LogP contribution is -2.53. The maximum Gasteiger partial charge on any atom is 0.141 e. The number of carbonyl (C=O) groups excluding carboxylic acids is 1. The van der Waals surface area contributed by atoms with E-state index >= 15 is 0 Å². The third kappa shape index (κ3) is 3.81. The van der Waals surface area contributed by atoms with E-state index in [1.165, 1.54) is 12.1 Å². The quantitative estimate of drug-likeness (QED) is 0.819. The fourth-order valence-corrected chi connectivity index (χ4v) is 2.46. The molecular formula is C14H18F2N2O. The van der Waals surface area contributed by atoms with Crippen LogP contribution in [0.15, 0.2) is 24.3 Å². The third-order valence-electron chi connectivity index (χ3n) is 3.41. The van der Waals surface area contributed by atoms with E-state index in [4.69, 9.17) is 5.73 Å². The molecule has 5 heteroatoms. The minimum atomic E-state index is -1.05. The van der Waals surface area contributed by atoms with E-state index in [0.29, 0.717) is 38.8 Å². The fraction of sp³-hybridized carbons (Fsp3) is 0.500. The zero-order chi connectivity index (χ0) is 13.9. The van der Waals surface area contributed by atoms with E-state index in [0.717, 1.165) is 5.56 Å². The highest BCUT2D eigenvalue weighted by molar-refractivity contribution is 5.65. The Labute approximate surface area is 111 Å². The van der Waals surface area contributed by atoms with Gasteiger partial charge in [0, 0.05) is 19.6 Å². The molecule has 2 rings (SSSR count). The predicted octanol–water partition coefficient (Wildman–Crippen LogP) is 1.31. The number of nitrogens with zero attached hydrogens (tertiary/aromatic N) is 1. The lowest BCUT2D eigenvalue weighted by Gasteiger charge is -2.28. The van der Waals surface area contributed by atoms with Crippen molar-refractivity contribution in [3.8, 4) is 0 Å². The van der Waals surface area contributed by atoms with E-state index in [9.17, 15) is 13.6 Å². The first-order valence-corrected chi connectivity index (χ1v) is 6.37. The first kappa shape index (κ1) is 14.1. The van der Waals surface area contributed by atoms with Crippen LogP contribution in [0.2, 0.25) is 0 Å². The van der Waals surface area contributed by atoms with Crippen molar-refractivity contribution in [2.75, 3.05) is 19.6 Å². The maximum atomic E-state index is 13.1. The molecule has 1 aliphatic rings. The Bertz CT molecular complexity index is 438. The van der Waals surface area contributed by atoms with Crippen molar-refractivity contribution in [2.24, 2.45) is 5.73 Å². The molecule has 0 radical (unpaired) electrons. The molecule has 0 bridgehead atoms. The van der Waals surface area contributed by atoms with Crippen LogP contribution < -0.4 is 5.73 Å². The van der Waals surface area contributed by atoms with Crippen LogP contribution in [-0.2, 0) is 11.2 Å². The number of halogens is 2. The summed E-state index contributed by atoms with van der Waals surface area (Å²) in [5, 5.41) is 0. The molecule has 0 aliphatic carbocycles. The number of hydrogen-bond donors (Lipinski definition) is 1. The van der Waals surface area contributed by atoms with Crippen LogP contribution >= 0.6 is 0 Å². The molecular weight excluding hydrogens is 250 g/mol. The second-order valence-corrected chi connectivity index (χ2v) is 5.28. The smallest absolute Gasteiger partial charge is 0.141 e. The van der Waals surface area contributed by atoms with E-state index in [2.05, 4.69) is 0 Å². The van der Waals surface area contributed by atoms with Gasteiger partial charge in [-0.05, 0) is 30.5 Å². The maximum absolute atomic E-state index is 13.1. The highest BCUT2D eigenvalue weighted by Gasteiger charge is 2.31. The van der Waals surface area contributed by atoms with Gasteiger partial charge >= 0.3 is 0 Å². The van der Waals surface area contributed by atoms with Crippen LogP contribution in [0, 0.1) is 5.82 Å². The summed E-state index contributed by atoms with van der Waals surface area (Å²) in [7, 11) is 0. The van der Waals surface area contributed by atoms with Gasteiger partial charge in [-0.2, -0.15) is 0 Å². The van der Waals surface area contributed by atoms with Crippen LogP contribution in [0.5, 0.6) is 0 Å². The predicted molar refractivity (Wildman–Crippen MR) is 69.0 cm³/mol. The minimum Gasteiger partial charge on any atom is -0.318 e. The van der Waals surface area contributed by atoms with Gasteiger partial charge in [-0.1, -0.05) is 12.1 Å². The molecule has 1 saturated heterocycles. The second kappa shape index (κ2) is 5.75. The van der Waals surface area contributed by atoms with Gasteiger partial charge in [0.05, 0.1) is 5.54 Å².